The number of amides is 2. The fourth-order valence-electron chi connectivity index (χ4n) is 5.55. The van der Waals surface area contributed by atoms with Crippen LogP contribution in [0.5, 0.6) is 0 Å². The van der Waals surface area contributed by atoms with Crippen molar-refractivity contribution in [2.75, 3.05) is 10.6 Å². The number of para-hydroxylation sites is 2. The Hall–Kier alpha value is -5.22. The summed E-state index contributed by atoms with van der Waals surface area (Å²) in [6.07, 6.45) is 0. The van der Waals surface area contributed by atoms with Crippen molar-refractivity contribution in [1.82, 2.24) is 0 Å². The van der Waals surface area contributed by atoms with E-state index in [1.54, 1.807) is 0 Å². The van der Waals surface area contributed by atoms with Crippen molar-refractivity contribution in [1.29, 1.82) is 0 Å². The van der Waals surface area contributed by atoms with Crippen LogP contribution < -0.4 is 10.6 Å². The number of fused-ring (bicyclic) bond motifs is 2. The molecule has 0 aliphatic heterocycles. The molecule has 0 aliphatic rings. The molecule has 4 nitrogen and oxygen atoms in total. The molecule has 0 aromatic heterocycles. The van der Waals surface area contributed by atoms with Crippen LogP contribution in [0.25, 0.3) is 43.1 Å². The minimum atomic E-state index is -0.259. The number of carbonyl (C=O) groups is 2. The number of hydrogen-bond acceptors (Lipinski definition) is 2. The van der Waals surface area contributed by atoms with Gasteiger partial charge in [0, 0.05) is 27.9 Å². The van der Waals surface area contributed by atoms with E-state index in [1.807, 2.05) is 84.9 Å². The predicted molar refractivity (Wildman–Crippen MR) is 156 cm³/mol. The van der Waals surface area contributed by atoms with Gasteiger partial charge in [0.1, 0.15) is 0 Å². The molecule has 2 N–H and O–H groups in total. The molecule has 0 atom stereocenters. The minimum Gasteiger partial charge on any atom is -0.322 e. The summed E-state index contributed by atoms with van der Waals surface area (Å²) < 4.78 is 0. The van der Waals surface area contributed by atoms with E-state index >= 15 is 0 Å². The molecule has 2 amide bonds. The average Bonchev–Trinajstić information content (AvgIpc) is 2.96. The summed E-state index contributed by atoms with van der Waals surface area (Å²) in [4.78, 5) is 27.4. The lowest BCUT2D eigenvalue weighted by Gasteiger charge is -2.18. The predicted octanol–water partition coefficient (Wildman–Crippen LogP) is 8.24. The summed E-state index contributed by atoms with van der Waals surface area (Å²) in [5.41, 5.74) is 2.31. The minimum absolute atomic E-state index is 0.259. The molecule has 180 valence electrons. The molecule has 0 saturated carbocycles. The van der Waals surface area contributed by atoms with Crippen LogP contribution >= 0.6 is 0 Å². The Morgan fingerprint density at radius 3 is 1.32 bits per heavy atom. The number of nitrogens with one attached hydrogen (secondary N) is 2. The highest BCUT2D eigenvalue weighted by Gasteiger charge is 2.22. The van der Waals surface area contributed by atoms with Crippen molar-refractivity contribution in [3.05, 3.63) is 132 Å². The zero-order valence-corrected chi connectivity index (χ0v) is 20.4. The first-order chi connectivity index (χ1) is 18.7. The maximum absolute atomic E-state index is 13.7. The van der Waals surface area contributed by atoms with Gasteiger partial charge in [-0.2, -0.15) is 0 Å². The number of carbonyl (C=O) groups excluding carboxylic acids is 2. The summed E-state index contributed by atoms with van der Waals surface area (Å²) in [7, 11) is 0. The van der Waals surface area contributed by atoms with Gasteiger partial charge < -0.3 is 10.6 Å². The van der Waals surface area contributed by atoms with Crippen LogP contribution in [-0.2, 0) is 0 Å². The average molecular weight is 491 g/mol. The fourth-order valence-corrected chi connectivity index (χ4v) is 5.55. The van der Waals surface area contributed by atoms with Crippen LogP contribution in [0, 0.1) is 0 Å². The van der Waals surface area contributed by atoms with Gasteiger partial charge in [0.2, 0.25) is 0 Å². The smallest absolute Gasteiger partial charge is 0.256 e. The first-order valence-electron chi connectivity index (χ1n) is 12.5. The van der Waals surface area contributed by atoms with E-state index in [1.165, 1.54) is 5.39 Å². The van der Waals surface area contributed by atoms with Gasteiger partial charge in [-0.05, 0) is 74.1 Å². The number of rotatable bonds is 4. The second-order valence-corrected chi connectivity index (χ2v) is 9.42. The standard InChI is InChI=1S/C34H22N2O2/c37-33(35-22-11-3-1-4-12-22)28-19-17-26-24-15-7-9-21-10-8-16-25(30(21)24)27-18-20-29(32(28)31(26)27)34(38)36-23-13-5-2-6-14-23/h1-20H,(H,35,37)(H,36,38). The summed E-state index contributed by atoms with van der Waals surface area (Å²) in [6, 6.07) is 39.0. The second kappa shape index (κ2) is 8.71. The number of benzene rings is 7. The Balaban J connectivity index is 1.53. The molecule has 0 unspecified atom stereocenters. The normalized spacial score (nSPS) is 11.4. The molecule has 7 rings (SSSR count). The molecule has 38 heavy (non-hydrogen) atoms. The Labute approximate surface area is 218 Å². The van der Waals surface area contributed by atoms with Crippen LogP contribution in [0.3, 0.4) is 0 Å². The summed E-state index contributed by atoms with van der Waals surface area (Å²) >= 11 is 0. The zero-order chi connectivity index (χ0) is 25.6. The van der Waals surface area contributed by atoms with Crippen LogP contribution in [0.15, 0.2) is 121 Å². The molecule has 0 saturated heterocycles. The van der Waals surface area contributed by atoms with Crippen molar-refractivity contribution in [2.45, 2.75) is 0 Å². The van der Waals surface area contributed by atoms with Crippen LogP contribution in [0.4, 0.5) is 11.4 Å². The highest BCUT2D eigenvalue weighted by molar-refractivity contribution is 6.37. The van der Waals surface area contributed by atoms with Crippen molar-refractivity contribution in [3.8, 4) is 0 Å². The lowest BCUT2D eigenvalue weighted by Crippen LogP contribution is -2.16. The molecule has 7 aromatic rings. The first-order valence-corrected chi connectivity index (χ1v) is 12.5. The maximum atomic E-state index is 13.7. The number of hydrogen-bond donors (Lipinski definition) is 2. The maximum Gasteiger partial charge on any atom is 0.256 e. The topological polar surface area (TPSA) is 58.2 Å². The van der Waals surface area contributed by atoms with Gasteiger partial charge in [-0.3, -0.25) is 9.59 Å². The molecule has 0 bridgehead atoms. The number of anilines is 2. The van der Waals surface area contributed by atoms with Crippen LogP contribution in [0.1, 0.15) is 20.7 Å². The van der Waals surface area contributed by atoms with E-state index in [0.29, 0.717) is 27.9 Å². The van der Waals surface area contributed by atoms with E-state index < -0.39 is 0 Å². The molecule has 0 radical (unpaired) electrons. The SMILES string of the molecule is O=C(Nc1ccccc1)c1ccc2c3cccc4cccc(c5ccc(C(=O)Nc6ccccc6)c1c25)c43. The van der Waals surface area contributed by atoms with E-state index in [-0.39, 0.29) is 11.8 Å². The van der Waals surface area contributed by atoms with Crippen molar-refractivity contribution in [3.63, 3.8) is 0 Å². The third kappa shape index (κ3) is 3.46. The van der Waals surface area contributed by atoms with E-state index in [0.717, 1.165) is 32.3 Å². The van der Waals surface area contributed by atoms with Crippen molar-refractivity contribution < 1.29 is 9.59 Å². The Kier molecular flexibility index (Phi) is 5.05. The van der Waals surface area contributed by atoms with Gasteiger partial charge in [0.25, 0.3) is 11.8 Å². The lowest BCUT2D eigenvalue weighted by molar-refractivity contribution is 0.102. The van der Waals surface area contributed by atoms with Crippen molar-refractivity contribution >= 4 is 66.3 Å². The fraction of sp³-hybridized carbons (Fsp3) is 0. The molecule has 7 aromatic carbocycles. The van der Waals surface area contributed by atoms with Gasteiger partial charge in [-0.15, -0.1) is 0 Å². The second-order valence-electron chi connectivity index (χ2n) is 9.42. The molecule has 0 fully saturated rings. The van der Waals surface area contributed by atoms with E-state index in [2.05, 4.69) is 47.0 Å². The summed E-state index contributed by atoms with van der Waals surface area (Å²) in [6.45, 7) is 0. The lowest BCUT2D eigenvalue weighted by atomic mass is 9.86. The Morgan fingerprint density at radius 2 is 0.842 bits per heavy atom. The monoisotopic (exact) mass is 490 g/mol. The zero-order valence-electron chi connectivity index (χ0n) is 20.4. The van der Waals surface area contributed by atoms with Gasteiger partial charge in [-0.25, -0.2) is 0 Å². The van der Waals surface area contributed by atoms with Crippen LogP contribution in [-0.4, -0.2) is 11.8 Å². The molecule has 0 heterocycles. The van der Waals surface area contributed by atoms with Gasteiger partial charge in [0.15, 0.2) is 0 Å². The van der Waals surface area contributed by atoms with Gasteiger partial charge in [-0.1, -0.05) is 84.9 Å². The molecule has 0 aliphatic carbocycles. The van der Waals surface area contributed by atoms with Gasteiger partial charge >= 0.3 is 0 Å². The molecular weight excluding hydrogens is 468 g/mol. The molecular formula is C34H22N2O2. The van der Waals surface area contributed by atoms with Gasteiger partial charge in [0.05, 0.1) is 0 Å². The van der Waals surface area contributed by atoms with E-state index in [4.69, 9.17) is 0 Å². The van der Waals surface area contributed by atoms with E-state index in [9.17, 15) is 9.59 Å². The third-order valence-corrected chi connectivity index (χ3v) is 7.20. The first kappa shape index (κ1) is 22.0. The van der Waals surface area contributed by atoms with Crippen molar-refractivity contribution in [2.24, 2.45) is 0 Å². The Bertz CT molecular complexity index is 1860. The highest BCUT2D eigenvalue weighted by Crippen LogP contribution is 2.42. The molecule has 4 heteroatoms. The van der Waals surface area contributed by atoms with Crippen LogP contribution in [0.2, 0.25) is 0 Å². The summed E-state index contributed by atoms with van der Waals surface area (Å²) in [5, 5.41) is 14.2. The quantitative estimate of drug-likeness (QED) is 0.193. The summed E-state index contributed by atoms with van der Waals surface area (Å²) in [5.74, 6) is -0.517. The largest absolute Gasteiger partial charge is 0.322 e. The third-order valence-electron chi connectivity index (χ3n) is 7.20. The highest BCUT2D eigenvalue weighted by atomic mass is 16.2. The Morgan fingerprint density at radius 1 is 0.395 bits per heavy atom. The molecule has 0 spiro atoms.